The van der Waals surface area contributed by atoms with Gasteiger partial charge in [0.2, 0.25) is 0 Å². The van der Waals surface area contributed by atoms with Crippen LogP contribution in [0.2, 0.25) is 0 Å². The minimum atomic E-state index is -3.98. The molecule has 0 amide bonds. The lowest BCUT2D eigenvalue weighted by Crippen LogP contribution is -2.45. The van der Waals surface area contributed by atoms with Gasteiger partial charge in [0, 0.05) is 22.2 Å². The Kier molecular flexibility index (Phi) is 4.97. The number of phosphoric acid groups is 1. The van der Waals surface area contributed by atoms with E-state index in [-0.39, 0.29) is 25.4 Å². The van der Waals surface area contributed by atoms with Crippen molar-refractivity contribution in [2.24, 2.45) is 5.11 Å². The van der Waals surface area contributed by atoms with Crippen LogP contribution in [-0.4, -0.2) is 40.5 Å². The Morgan fingerprint density at radius 1 is 1.41 bits per heavy atom. The number of aromatic amines is 1. The molecule has 4 heterocycles. The Bertz CT molecular complexity index is 1290. The van der Waals surface area contributed by atoms with E-state index in [1.54, 1.807) is 24.3 Å². The standard InChI is InChI=1S/C18H18N5O8P/c1-10-6-23(17(25)20-15(10)24)16-13-14(21-22-19)18(30-16,8-27-13)9-29-32(26)28-7-11-4-2-3-5-12(11)31-32/h2-6,13-14,16H,7-9H2,1H3,(H,20,24,25)/t13-,14+,16-,18?,32?/m1/s1. The number of aromatic nitrogens is 2. The van der Waals surface area contributed by atoms with E-state index >= 15 is 0 Å². The quantitative estimate of drug-likeness (QED) is 0.304. The summed E-state index contributed by atoms with van der Waals surface area (Å²) in [6.45, 7) is 1.19. The fraction of sp³-hybridized carbons (Fsp3) is 0.444. The van der Waals surface area contributed by atoms with Gasteiger partial charge in [-0.25, -0.2) is 9.36 Å². The molecular formula is C18H18N5O8P. The lowest BCUT2D eigenvalue weighted by molar-refractivity contribution is -0.184. The third kappa shape index (κ3) is 3.36. The fourth-order valence-electron chi connectivity index (χ4n) is 4.00. The van der Waals surface area contributed by atoms with Crippen LogP contribution in [-0.2, 0) is 29.7 Å². The van der Waals surface area contributed by atoms with Crippen LogP contribution in [0.4, 0.5) is 0 Å². The molecule has 5 rings (SSSR count). The highest BCUT2D eigenvalue weighted by Crippen LogP contribution is 2.56. The molecule has 0 aliphatic carbocycles. The topological polar surface area (TPSA) is 167 Å². The molecule has 32 heavy (non-hydrogen) atoms. The number of nitrogens with zero attached hydrogens (tertiary/aromatic N) is 4. The van der Waals surface area contributed by atoms with Crippen molar-refractivity contribution in [1.82, 2.24) is 9.55 Å². The molecule has 2 saturated heterocycles. The van der Waals surface area contributed by atoms with Crippen molar-refractivity contribution in [3.63, 3.8) is 0 Å². The molecule has 13 nitrogen and oxygen atoms in total. The molecule has 0 saturated carbocycles. The first-order chi connectivity index (χ1) is 15.3. The highest BCUT2D eigenvalue weighted by Gasteiger charge is 2.63. The smallest absolute Gasteiger partial charge is 0.404 e. The second-order valence-electron chi connectivity index (χ2n) is 7.67. The fourth-order valence-corrected chi connectivity index (χ4v) is 5.27. The van der Waals surface area contributed by atoms with E-state index in [0.717, 1.165) is 10.1 Å². The van der Waals surface area contributed by atoms with Crippen LogP contribution in [0.5, 0.6) is 5.75 Å². The van der Waals surface area contributed by atoms with E-state index in [0.29, 0.717) is 5.75 Å². The third-order valence-electron chi connectivity index (χ3n) is 5.63. The van der Waals surface area contributed by atoms with Crippen LogP contribution in [0, 0.1) is 6.92 Å². The lowest BCUT2D eigenvalue weighted by atomic mass is 9.98. The Balaban J connectivity index is 1.41. The predicted octanol–water partition coefficient (Wildman–Crippen LogP) is 1.92. The normalized spacial score (nSPS) is 32.7. The number of aryl methyl sites for hydroxylation is 1. The van der Waals surface area contributed by atoms with Crippen LogP contribution < -0.4 is 15.8 Å². The SMILES string of the molecule is Cc1cn([C@@H]2OC3(COP4(=O)OCc5ccccc5O4)CO[C@@H]2[C@@H]3N=[N+]=[N-])c(=O)[nH]c1=O. The summed E-state index contributed by atoms with van der Waals surface area (Å²) in [5.41, 5.74) is 7.50. The molecule has 0 spiro atoms. The average Bonchev–Trinajstić information content (AvgIpc) is 3.27. The van der Waals surface area contributed by atoms with Gasteiger partial charge in [0.1, 0.15) is 23.5 Å². The second kappa shape index (κ2) is 7.59. The zero-order valence-corrected chi connectivity index (χ0v) is 17.6. The molecule has 168 valence electrons. The molecular weight excluding hydrogens is 445 g/mol. The maximum absolute atomic E-state index is 13.0. The minimum Gasteiger partial charge on any atom is -0.404 e. The molecule has 3 aliphatic rings. The molecule has 2 bridgehead atoms. The van der Waals surface area contributed by atoms with Crippen molar-refractivity contribution in [3.8, 4) is 5.75 Å². The van der Waals surface area contributed by atoms with Crippen molar-refractivity contribution in [2.45, 2.75) is 37.5 Å². The van der Waals surface area contributed by atoms with Gasteiger partial charge >= 0.3 is 13.5 Å². The molecule has 2 unspecified atom stereocenters. The number of nitrogens with one attached hydrogen (secondary N) is 1. The minimum absolute atomic E-state index is 0.0362. The maximum atomic E-state index is 13.0. The van der Waals surface area contributed by atoms with Crippen LogP contribution in [0.25, 0.3) is 10.4 Å². The number of benzene rings is 1. The van der Waals surface area contributed by atoms with Crippen molar-refractivity contribution in [2.75, 3.05) is 13.2 Å². The highest BCUT2D eigenvalue weighted by molar-refractivity contribution is 7.49. The lowest BCUT2D eigenvalue weighted by Gasteiger charge is -2.33. The average molecular weight is 463 g/mol. The molecule has 5 atom stereocenters. The van der Waals surface area contributed by atoms with E-state index in [1.807, 2.05) is 0 Å². The Morgan fingerprint density at radius 2 is 2.22 bits per heavy atom. The summed E-state index contributed by atoms with van der Waals surface area (Å²) in [5.74, 6) is 0.382. The van der Waals surface area contributed by atoms with Crippen LogP contribution in [0.1, 0.15) is 17.4 Å². The Morgan fingerprint density at radius 3 is 3.03 bits per heavy atom. The molecule has 1 aromatic heterocycles. The monoisotopic (exact) mass is 463 g/mol. The maximum Gasteiger partial charge on any atom is 0.530 e. The molecule has 1 N–H and O–H groups in total. The van der Waals surface area contributed by atoms with E-state index in [9.17, 15) is 14.2 Å². The molecule has 3 aliphatic heterocycles. The summed E-state index contributed by atoms with van der Waals surface area (Å²) >= 11 is 0. The number of rotatable bonds is 5. The summed E-state index contributed by atoms with van der Waals surface area (Å²) in [5, 5.41) is 3.78. The second-order valence-corrected chi connectivity index (χ2v) is 9.26. The van der Waals surface area contributed by atoms with Gasteiger partial charge in [-0.05, 0) is 18.5 Å². The van der Waals surface area contributed by atoms with Crippen LogP contribution >= 0.6 is 7.82 Å². The number of hydrogen-bond acceptors (Lipinski definition) is 9. The van der Waals surface area contributed by atoms with E-state index < -0.39 is 43.0 Å². The van der Waals surface area contributed by atoms with Gasteiger partial charge in [-0.3, -0.25) is 23.4 Å². The van der Waals surface area contributed by atoms with Crippen molar-refractivity contribution >= 4 is 7.82 Å². The zero-order chi connectivity index (χ0) is 22.5. The number of ether oxygens (including phenoxy) is 2. The molecule has 1 aromatic carbocycles. The summed E-state index contributed by atoms with van der Waals surface area (Å²) < 4.78 is 42.3. The molecule has 2 aromatic rings. The number of para-hydroxylation sites is 1. The number of hydrogen-bond donors (Lipinski definition) is 1. The van der Waals surface area contributed by atoms with Gasteiger partial charge in [0.05, 0.1) is 19.8 Å². The van der Waals surface area contributed by atoms with Gasteiger partial charge in [-0.2, -0.15) is 0 Å². The molecule has 2 fully saturated rings. The number of azide groups is 1. The Hall–Kier alpha value is -2.92. The summed E-state index contributed by atoms with van der Waals surface area (Å²) in [4.78, 5) is 29.1. The molecule has 0 radical (unpaired) electrons. The first-order valence-electron chi connectivity index (χ1n) is 9.66. The van der Waals surface area contributed by atoms with E-state index in [1.165, 1.54) is 13.1 Å². The van der Waals surface area contributed by atoms with Gasteiger partial charge in [-0.15, -0.1) is 0 Å². The van der Waals surface area contributed by atoms with Gasteiger partial charge < -0.3 is 14.0 Å². The van der Waals surface area contributed by atoms with Crippen molar-refractivity contribution < 1.29 is 27.6 Å². The number of fused-ring (bicyclic) bond motifs is 3. The van der Waals surface area contributed by atoms with E-state index in [2.05, 4.69) is 15.0 Å². The van der Waals surface area contributed by atoms with Crippen LogP contribution in [0.15, 0.2) is 45.2 Å². The van der Waals surface area contributed by atoms with Crippen LogP contribution in [0.3, 0.4) is 0 Å². The number of phosphoric ester groups is 1. The summed E-state index contributed by atoms with van der Waals surface area (Å²) in [7, 11) is -3.98. The van der Waals surface area contributed by atoms with Crippen molar-refractivity contribution in [1.29, 1.82) is 0 Å². The third-order valence-corrected chi connectivity index (χ3v) is 6.94. The van der Waals surface area contributed by atoms with Gasteiger partial charge in [-0.1, -0.05) is 23.3 Å². The Labute approximate surface area is 180 Å². The summed E-state index contributed by atoms with van der Waals surface area (Å²) in [6.07, 6.45) is -0.489. The van der Waals surface area contributed by atoms with E-state index in [4.69, 9.17) is 28.6 Å². The first kappa shape index (κ1) is 21.0. The highest BCUT2D eigenvalue weighted by atomic mass is 31.2. The van der Waals surface area contributed by atoms with Gasteiger partial charge in [0.25, 0.3) is 5.56 Å². The van der Waals surface area contributed by atoms with Gasteiger partial charge in [0.15, 0.2) is 6.23 Å². The predicted molar refractivity (Wildman–Crippen MR) is 107 cm³/mol. The molecule has 14 heteroatoms. The largest absolute Gasteiger partial charge is 0.530 e. The zero-order valence-electron chi connectivity index (χ0n) is 16.7. The first-order valence-corrected chi connectivity index (χ1v) is 11.1. The van der Waals surface area contributed by atoms with Crippen molar-refractivity contribution in [3.05, 3.63) is 72.9 Å². The number of H-pyrrole nitrogens is 1. The summed E-state index contributed by atoms with van der Waals surface area (Å²) in [6, 6.07) is 6.07.